The fourth-order valence-electron chi connectivity index (χ4n) is 2.84. The van der Waals surface area contributed by atoms with Crippen LogP contribution in [-0.2, 0) is 22.4 Å². The van der Waals surface area contributed by atoms with Gasteiger partial charge < -0.3 is 4.74 Å². The molecule has 6 heteroatoms. The van der Waals surface area contributed by atoms with E-state index in [1.165, 1.54) is 11.8 Å². The van der Waals surface area contributed by atoms with E-state index in [0.29, 0.717) is 12.0 Å². The first-order valence-corrected chi connectivity index (χ1v) is 10.3. The van der Waals surface area contributed by atoms with Gasteiger partial charge in [0, 0.05) is 23.4 Å². The normalized spacial score (nSPS) is 11.9. The van der Waals surface area contributed by atoms with Crippen molar-refractivity contribution in [3.8, 4) is 0 Å². The minimum absolute atomic E-state index is 0.189. The maximum Gasteiger partial charge on any atom is 0.306 e. The number of aromatic nitrogens is 2. The van der Waals surface area contributed by atoms with Gasteiger partial charge in [0.25, 0.3) is 0 Å². The fourth-order valence-corrected chi connectivity index (χ4v) is 3.29. The number of rotatable bonds is 8. The number of carbonyl (C=O) groups is 2. The second-order valence-corrected chi connectivity index (χ2v) is 7.18. The van der Waals surface area contributed by atoms with Gasteiger partial charge in [-0.3, -0.25) is 9.59 Å². The van der Waals surface area contributed by atoms with Crippen LogP contribution in [0.3, 0.4) is 0 Å². The van der Waals surface area contributed by atoms with E-state index in [9.17, 15) is 9.59 Å². The topological polar surface area (TPSA) is 69.2 Å². The fraction of sp³-hybridized carbons (Fsp3) is 0.429. The lowest BCUT2D eigenvalue weighted by Gasteiger charge is -2.14. The number of aryl methyl sites for hydroxylation is 3. The first-order chi connectivity index (χ1) is 12.8. The molecule has 0 spiro atoms. The maximum absolute atomic E-state index is 12.4. The van der Waals surface area contributed by atoms with E-state index in [0.717, 1.165) is 34.1 Å². The van der Waals surface area contributed by atoms with Crippen LogP contribution in [0.2, 0.25) is 0 Å². The summed E-state index contributed by atoms with van der Waals surface area (Å²) in [7, 11) is 0. The third kappa shape index (κ3) is 5.63. The Morgan fingerprint density at radius 3 is 2.22 bits per heavy atom. The third-order valence-corrected chi connectivity index (χ3v) is 5.03. The molecule has 0 saturated carbocycles. The highest BCUT2D eigenvalue weighted by atomic mass is 32.2. The number of benzene rings is 1. The number of hydrogen-bond acceptors (Lipinski definition) is 6. The largest absolute Gasteiger partial charge is 0.454 e. The Kier molecular flexibility index (Phi) is 7.54. The summed E-state index contributed by atoms with van der Waals surface area (Å²) in [5.41, 5.74) is 4.43. The Hall–Kier alpha value is -2.21. The smallest absolute Gasteiger partial charge is 0.306 e. The molecule has 1 aromatic heterocycles. The van der Waals surface area contributed by atoms with Crippen molar-refractivity contribution >= 4 is 23.5 Å². The number of hydrogen-bond donors (Lipinski definition) is 0. The lowest BCUT2D eigenvalue weighted by Crippen LogP contribution is -2.24. The molecule has 144 valence electrons. The van der Waals surface area contributed by atoms with Crippen molar-refractivity contribution in [3.05, 3.63) is 52.3 Å². The molecule has 0 bridgehead atoms. The Balaban J connectivity index is 1.94. The van der Waals surface area contributed by atoms with E-state index < -0.39 is 12.1 Å². The minimum atomic E-state index is -0.803. The van der Waals surface area contributed by atoms with Crippen LogP contribution in [-0.4, -0.2) is 34.1 Å². The first-order valence-electron chi connectivity index (χ1n) is 9.06. The Morgan fingerprint density at radius 2 is 1.70 bits per heavy atom. The highest BCUT2D eigenvalue weighted by Crippen LogP contribution is 2.18. The summed E-state index contributed by atoms with van der Waals surface area (Å²) in [6.07, 6.45) is 2.73. The number of esters is 1. The standard InChI is InChI=1S/C21H26N2O3S/c1-6-16-7-9-17(10-8-16)20(25)15(4)26-19(24)12-11-18-13(2)22-21(27-5)23-14(18)3/h7-10,15H,6,11-12H2,1-5H3/t15-/m0/s1. The SMILES string of the molecule is CCc1ccc(C(=O)[C@H](C)OC(=O)CCc2c(C)nc(SC)nc2C)cc1. The number of ketones is 1. The molecule has 0 saturated heterocycles. The van der Waals surface area contributed by atoms with Crippen LogP contribution in [0.1, 0.15) is 53.1 Å². The Bertz CT molecular complexity index is 796. The molecule has 0 aliphatic rings. The van der Waals surface area contributed by atoms with Crippen LogP contribution in [0.4, 0.5) is 0 Å². The molecule has 5 nitrogen and oxygen atoms in total. The van der Waals surface area contributed by atoms with Crippen molar-refractivity contribution in [2.75, 3.05) is 6.26 Å². The quantitative estimate of drug-likeness (QED) is 0.294. The third-order valence-electron chi connectivity index (χ3n) is 4.49. The Labute approximate surface area is 165 Å². The lowest BCUT2D eigenvalue weighted by atomic mass is 10.0. The molecule has 0 unspecified atom stereocenters. The molecule has 0 radical (unpaired) electrons. The predicted molar refractivity (Wildman–Crippen MR) is 107 cm³/mol. The average Bonchev–Trinajstić information content (AvgIpc) is 2.66. The highest BCUT2D eigenvalue weighted by Gasteiger charge is 2.20. The minimum Gasteiger partial charge on any atom is -0.454 e. The maximum atomic E-state index is 12.4. The van der Waals surface area contributed by atoms with Crippen LogP contribution in [0, 0.1) is 13.8 Å². The van der Waals surface area contributed by atoms with Gasteiger partial charge in [0.05, 0.1) is 0 Å². The molecule has 1 aromatic carbocycles. The summed E-state index contributed by atoms with van der Waals surface area (Å²) < 4.78 is 5.34. The zero-order valence-corrected chi connectivity index (χ0v) is 17.4. The van der Waals surface area contributed by atoms with E-state index in [1.807, 2.05) is 32.2 Å². The molecule has 0 amide bonds. The van der Waals surface area contributed by atoms with E-state index in [2.05, 4.69) is 16.9 Å². The van der Waals surface area contributed by atoms with Gasteiger partial charge in [-0.25, -0.2) is 9.97 Å². The van der Waals surface area contributed by atoms with Gasteiger partial charge in [0.15, 0.2) is 11.3 Å². The molecule has 0 fully saturated rings. The average molecular weight is 387 g/mol. The van der Waals surface area contributed by atoms with Gasteiger partial charge in [-0.15, -0.1) is 0 Å². The zero-order chi connectivity index (χ0) is 20.0. The summed E-state index contributed by atoms with van der Waals surface area (Å²) in [5, 5.41) is 0.727. The van der Waals surface area contributed by atoms with E-state index in [1.54, 1.807) is 19.1 Å². The molecule has 0 aliphatic carbocycles. The van der Waals surface area contributed by atoms with Gasteiger partial charge in [0.2, 0.25) is 5.78 Å². The van der Waals surface area contributed by atoms with Gasteiger partial charge in [-0.1, -0.05) is 43.0 Å². The van der Waals surface area contributed by atoms with Crippen LogP contribution in [0.5, 0.6) is 0 Å². The van der Waals surface area contributed by atoms with Gasteiger partial charge in [-0.05, 0) is 51.0 Å². The molecular formula is C21H26N2O3S. The van der Waals surface area contributed by atoms with Crippen LogP contribution in [0.15, 0.2) is 29.4 Å². The second kappa shape index (κ2) is 9.65. The molecule has 27 heavy (non-hydrogen) atoms. The van der Waals surface area contributed by atoms with Crippen molar-refractivity contribution < 1.29 is 14.3 Å². The molecule has 0 aliphatic heterocycles. The van der Waals surface area contributed by atoms with Crippen molar-refractivity contribution in [2.45, 2.75) is 58.2 Å². The zero-order valence-electron chi connectivity index (χ0n) is 16.5. The Morgan fingerprint density at radius 1 is 1.11 bits per heavy atom. The van der Waals surface area contributed by atoms with Crippen LogP contribution >= 0.6 is 11.8 Å². The number of ether oxygens (including phenoxy) is 1. The monoisotopic (exact) mass is 386 g/mol. The molecule has 0 N–H and O–H groups in total. The molecule has 2 aromatic rings. The highest BCUT2D eigenvalue weighted by molar-refractivity contribution is 7.98. The second-order valence-electron chi connectivity index (χ2n) is 6.41. The van der Waals surface area contributed by atoms with Gasteiger partial charge >= 0.3 is 5.97 Å². The molecule has 2 rings (SSSR count). The number of thioether (sulfide) groups is 1. The molecule has 1 atom stereocenters. The number of carbonyl (C=O) groups excluding carboxylic acids is 2. The van der Waals surface area contributed by atoms with Crippen molar-refractivity contribution in [2.24, 2.45) is 0 Å². The predicted octanol–water partition coefficient (Wildman–Crippen LogP) is 4.12. The van der Waals surface area contributed by atoms with E-state index in [-0.39, 0.29) is 12.2 Å². The summed E-state index contributed by atoms with van der Waals surface area (Å²) in [5.74, 6) is -0.584. The molecular weight excluding hydrogens is 360 g/mol. The van der Waals surface area contributed by atoms with Crippen molar-refractivity contribution in [1.82, 2.24) is 9.97 Å². The van der Waals surface area contributed by atoms with E-state index in [4.69, 9.17) is 4.74 Å². The number of nitrogens with zero attached hydrogens (tertiary/aromatic N) is 2. The van der Waals surface area contributed by atoms with Gasteiger partial charge in [0.1, 0.15) is 0 Å². The summed E-state index contributed by atoms with van der Waals surface area (Å²) >= 11 is 1.49. The molecule has 1 heterocycles. The van der Waals surface area contributed by atoms with Crippen molar-refractivity contribution in [1.29, 1.82) is 0 Å². The summed E-state index contributed by atoms with van der Waals surface area (Å²) in [6.45, 7) is 7.51. The van der Waals surface area contributed by atoms with Crippen molar-refractivity contribution in [3.63, 3.8) is 0 Å². The van der Waals surface area contributed by atoms with Crippen LogP contribution < -0.4 is 0 Å². The van der Waals surface area contributed by atoms with Crippen LogP contribution in [0.25, 0.3) is 0 Å². The summed E-state index contributed by atoms with van der Waals surface area (Å²) in [6, 6.07) is 7.41. The summed E-state index contributed by atoms with van der Waals surface area (Å²) in [4.78, 5) is 33.5. The lowest BCUT2D eigenvalue weighted by molar-refractivity contribution is -0.146. The number of Topliss-reactive ketones (excluding diaryl/α,β-unsaturated/α-hetero) is 1. The van der Waals surface area contributed by atoms with E-state index >= 15 is 0 Å². The van der Waals surface area contributed by atoms with Gasteiger partial charge in [-0.2, -0.15) is 0 Å². The first kappa shape index (κ1) is 21.1.